The van der Waals surface area contributed by atoms with Crippen LogP contribution in [0.5, 0.6) is 5.75 Å². The summed E-state index contributed by atoms with van der Waals surface area (Å²) in [4.78, 5) is 24.7. The van der Waals surface area contributed by atoms with Gasteiger partial charge < -0.3 is 4.74 Å². The van der Waals surface area contributed by atoms with Gasteiger partial charge in [0.25, 0.3) is 0 Å². The number of benzene rings is 2. The van der Waals surface area contributed by atoms with Crippen LogP contribution in [0.25, 0.3) is 10.2 Å². The summed E-state index contributed by atoms with van der Waals surface area (Å²) in [6, 6.07) is 12.7. The molecule has 1 amide bonds. The van der Waals surface area contributed by atoms with Crippen molar-refractivity contribution in [1.82, 2.24) is 14.3 Å². The lowest BCUT2D eigenvalue weighted by Gasteiger charge is -2.28. The van der Waals surface area contributed by atoms with E-state index in [0.717, 1.165) is 21.3 Å². The minimum atomic E-state index is -3.90. The van der Waals surface area contributed by atoms with Gasteiger partial charge in [-0.25, -0.2) is 13.4 Å². The number of methoxy groups -OCH3 is 1. The van der Waals surface area contributed by atoms with Crippen LogP contribution in [0.2, 0.25) is 5.02 Å². The van der Waals surface area contributed by atoms with Crippen LogP contribution in [0.1, 0.15) is 24.0 Å². The van der Waals surface area contributed by atoms with Crippen LogP contribution in [0.3, 0.4) is 0 Å². The third kappa shape index (κ3) is 4.94. The van der Waals surface area contributed by atoms with Gasteiger partial charge in [0.05, 0.1) is 28.8 Å². The van der Waals surface area contributed by atoms with Crippen LogP contribution in [0, 0.1) is 6.92 Å². The standard InChI is InChI=1S/C26H25ClN4O4S2/c1-17-21(27)11-12-23-24(17)29-26(36-23)30(16-18-5-3-13-28-15-18)25(32)22-6-4-14-31(22)37(33,34)20-9-7-19(35-2)8-10-20/h3,5,7-13,15,22H,4,6,14,16H2,1-2H3. The summed E-state index contributed by atoms with van der Waals surface area (Å²) in [7, 11) is -2.38. The molecule has 2 aromatic carbocycles. The number of halogens is 1. The first-order valence-corrected chi connectivity index (χ1v) is 14.3. The van der Waals surface area contributed by atoms with Crippen LogP contribution in [-0.2, 0) is 21.4 Å². The molecule has 1 atom stereocenters. The van der Waals surface area contributed by atoms with Gasteiger partial charge in [-0.15, -0.1) is 0 Å². The van der Waals surface area contributed by atoms with Gasteiger partial charge in [0.1, 0.15) is 11.8 Å². The SMILES string of the molecule is COc1ccc(S(=O)(=O)N2CCCC2C(=O)N(Cc2cccnc2)c2nc3c(C)c(Cl)ccc3s2)cc1. The van der Waals surface area contributed by atoms with E-state index in [0.29, 0.717) is 28.7 Å². The Hall–Kier alpha value is -3.05. The average Bonchev–Trinajstić information content (AvgIpc) is 3.58. The minimum Gasteiger partial charge on any atom is -0.497 e. The van der Waals surface area contributed by atoms with E-state index in [1.807, 2.05) is 25.1 Å². The maximum atomic E-state index is 14.1. The quantitative estimate of drug-likeness (QED) is 0.316. The summed E-state index contributed by atoms with van der Waals surface area (Å²) in [5.41, 5.74) is 2.37. The number of pyridine rings is 1. The molecule has 1 unspecified atom stereocenters. The van der Waals surface area contributed by atoms with E-state index in [1.165, 1.54) is 34.9 Å². The fourth-order valence-electron chi connectivity index (χ4n) is 4.46. The van der Waals surface area contributed by atoms with E-state index in [4.69, 9.17) is 21.3 Å². The van der Waals surface area contributed by atoms with Crippen LogP contribution in [-0.4, -0.2) is 48.3 Å². The zero-order valence-electron chi connectivity index (χ0n) is 20.3. The summed E-state index contributed by atoms with van der Waals surface area (Å²) >= 11 is 7.69. The number of rotatable bonds is 7. The van der Waals surface area contributed by atoms with Gasteiger partial charge >= 0.3 is 0 Å². The number of hydrogen-bond acceptors (Lipinski definition) is 7. The number of ether oxygens (including phenoxy) is 1. The van der Waals surface area contributed by atoms with Gasteiger partial charge in [-0.1, -0.05) is 29.0 Å². The van der Waals surface area contributed by atoms with Gasteiger partial charge in [0.2, 0.25) is 15.9 Å². The van der Waals surface area contributed by atoms with Crippen molar-refractivity contribution in [3.63, 3.8) is 0 Å². The van der Waals surface area contributed by atoms with E-state index < -0.39 is 16.1 Å². The van der Waals surface area contributed by atoms with E-state index in [2.05, 4.69) is 4.98 Å². The van der Waals surface area contributed by atoms with E-state index >= 15 is 0 Å². The Morgan fingerprint density at radius 2 is 2.00 bits per heavy atom. The molecule has 3 heterocycles. The van der Waals surface area contributed by atoms with Crippen molar-refractivity contribution in [2.24, 2.45) is 0 Å². The molecule has 1 aliphatic heterocycles. The maximum Gasteiger partial charge on any atom is 0.247 e. The molecular weight excluding hydrogens is 532 g/mol. The molecular formula is C26H25ClN4O4S2. The van der Waals surface area contributed by atoms with Crippen LogP contribution in [0.15, 0.2) is 65.8 Å². The summed E-state index contributed by atoms with van der Waals surface area (Å²) < 4.78 is 34.5. The number of thiazole rings is 1. The van der Waals surface area contributed by atoms with Gasteiger partial charge in [-0.05, 0) is 73.4 Å². The number of carbonyl (C=O) groups is 1. The molecule has 1 aliphatic rings. The summed E-state index contributed by atoms with van der Waals surface area (Å²) in [6.45, 7) is 2.37. The molecule has 4 aromatic rings. The first-order chi connectivity index (χ1) is 17.8. The zero-order chi connectivity index (χ0) is 26.2. The van der Waals surface area contributed by atoms with Gasteiger partial charge in [0, 0.05) is 24.0 Å². The first kappa shape index (κ1) is 25.6. The fraction of sp³-hybridized carbons (Fsp3) is 0.269. The number of aromatic nitrogens is 2. The highest BCUT2D eigenvalue weighted by molar-refractivity contribution is 7.89. The molecule has 11 heteroatoms. The van der Waals surface area contributed by atoms with Crippen molar-refractivity contribution in [2.45, 2.75) is 37.2 Å². The van der Waals surface area contributed by atoms with Crippen molar-refractivity contribution in [2.75, 3.05) is 18.6 Å². The lowest BCUT2D eigenvalue weighted by Crippen LogP contribution is -2.47. The Balaban J connectivity index is 1.52. The largest absolute Gasteiger partial charge is 0.497 e. The third-order valence-electron chi connectivity index (χ3n) is 6.45. The summed E-state index contributed by atoms with van der Waals surface area (Å²) in [5.74, 6) is 0.239. The summed E-state index contributed by atoms with van der Waals surface area (Å²) in [5, 5.41) is 1.09. The second-order valence-electron chi connectivity index (χ2n) is 8.75. The normalized spacial score (nSPS) is 16.2. The Labute approximate surface area is 224 Å². The van der Waals surface area contributed by atoms with E-state index in [9.17, 15) is 13.2 Å². The molecule has 0 spiro atoms. The molecule has 5 rings (SSSR count). The van der Waals surface area contributed by atoms with Crippen molar-refractivity contribution in [3.8, 4) is 5.75 Å². The number of aryl methyl sites for hydroxylation is 1. The molecule has 0 bridgehead atoms. The number of anilines is 1. The van der Waals surface area contributed by atoms with Crippen molar-refractivity contribution in [1.29, 1.82) is 0 Å². The topological polar surface area (TPSA) is 92.7 Å². The lowest BCUT2D eigenvalue weighted by molar-refractivity contribution is -0.121. The van der Waals surface area contributed by atoms with Crippen molar-refractivity contribution < 1.29 is 17.9 Å². The zero-order valence-corrected chi connectivity index (χ0v) is 22.7. The number of carbonyl (C=O) groups excluding carboxylic acids is 1. The Morgan fingerprint density at radius 1 is 1.22 bits per heavy atom. The number of sulfonamides is 1. The van der Waals surface area contributed by atoms with E-state index in [-0.39, 0.29) is 23.9 Å². The predicted octanol–water partition coefficient (Wildman–Crippen LogP) is 5.05. The monoisotopic (exact) mass is 556 g/mol. The molecule has 0 saturated carbocycles. The van der Waals surface area contributed by atoms with Gasteiger partial charge in [-0.3, -0.25) is 14.7 Å². The molecule has 1 saturated heterocycles. The Morgan fingerprint density at radius 3 is 2.70 bits per heavy atom. The van der Waals surface area contributed by atoms with E-state index in [1.54, 1.807) is 35.5 Å². The van der Waals surface area contributed by atoms with Crippen LogP contribution >= 0.6 is 22.9 Å². The smallest absolute Gasteiger partial charge is 0.247 e. The number of hydrogen-bond donors (Lipinski definition) is 0. The molecule has 37 heavy (non-hydrogen) atoms. The molecule has 8 nitrogen and oxygen atoms in total. The number of nitrogens with zero attached hydrogens (tertiary/aromatic N) is 4. The highest BCUT2D eigenvalue weighted by Gasteiger charge is 2.42. The molecule has 0 radical (unpaired) electrons. The third-order valence-corrected chi connectivity index (χ3v) is 9.83. The van der Waals surface area contributed by atoms with Gasteiger partial charge in [-0.2, -0.15) is 4.31 Å². The maximum absolute atomic E-state index is 14.1. The molecule has 0 N–H and O–H groups in total. The van der Waals surface area contributed by atoms with Crippen LogP contribution < -0.4 is 9.64 Å². The fourth-order valence-corrected chi connectivity index (χ4v) is 7.29. The number of fused-ring (bicyclic) bond motifs is 1. The molecule has 192 valence electrons. The van der Waals surface area contributed by atoms with Gasteiger partial charge in [0.15, 0.2) is 5.13 Å². The second kappa shape index (κ2) is 10.4. The molecule has 2 aromatic heterocycles. The highest BCUT2D eigenvalue weighted by Crippen LogP contribution is 2.36. The number of amides is 1. The molecule has 0 aliphatic carbocycles. The Bertz CT molecular complexity index is 1540. The van der Waals surface area contributed by atoms with Crippen molar-refractivity contribution >= 4 is 54.2 Å². The summed E-state index contributed by atoms with van der Waals surface area (Å²) in [6.07, 6.45) is 4.36. The van der Waals surface area contributed by atoms with Crippen LogP contribution in [0.4, 0.5) is 5.13 Å². The minimum absolute atomic E-state index is 0.122. The molecule has 1 fully saturated rings. The average molecular weight is 557 g/mol. The first-order valence-electron chi connectivity index (χ1n) is 11.7. The predicted molar refractivity (Wildman–Crippen MR) is 145 cm³/mol. The Kier molecular flexibility index (Phi) is 7.17. The lowest BCUT2D eigenvalue weighted by atomic mass is 10.2. The van der Waals surface area contributed by atoms with Crippen molar-refractivity contribution in [3.05, 3.63) is 77.1 Å². The second-order valence-corrected chi connectivity index (χ2v) is 12.1. The highest BCUT2D eigenvalue weighted by atomic mass is 35.5.